The molecule has 0 aliphatic carbocycles. The lowest BCUT2D eigenvalue weighted by Crippen LogP contribution is -2.04. The van der Waals surface area contributed by atoms with Gasteiger partial charge in [-0.2, -0.15) is 0 Å². The maximum absolute atomic E-state index is 12.0. The molecule has 0 fully saturated rings. The zero-order chi connectivity index (χ0) is 15.1. The van der Waals surface area contributed by atoms with E-state index in [0.29, 0.717) is 29.7 Å². The van der Waals surface area contributed by atoms with E-state index in [4.69, 9.17) is 26.2 Å². The second-order valence-electron chi connectivity index (χ2n) is 3.68. The van der Waals surface area contributed by atoms with Crippen LogP contribution in [0, 0.1) is 0 Å². The summed E-state index contributed by atoms with van der Waals surface area (Å²) in [4.78, 5) is 22.4. The Morgan fingerprint density at radius 1 is 1.15 bits per heavy atom. The minimum Gasteiger partial charge on any atom is -0.493 e. The van der Waals surface area contributed by atoms with Crippen LogP contribution >= 0.6 is 11.6 Å². The highest BCUT2D eigenvalue weighted by Gasteiger charge is 2.15. The molecule has 6 heteroatoms. The van der Waals surface area contributed by atoms with Crippen molar-refractivity contribution in [1.29, 1.82) is 0 Å². The summed E-state index contributed by atoms with van der Waals surface area (Å²) in [5.41, 5.74) is 0.206. The van der Waals surface area contributed by atoms with Crippen molar-refractivity contribution < 1.29 is 24.2 Å². The fourth-order valence-electron chi connectivity index (χ4n) is 1.51. The van der Waals surface area contributed by atoms with Crippen LogP contribution in [0.2, 0.25) is 5.02 Å². The van der Waals surface area contributed by atoms with Crippen molar-refractivity contribution in [3.63, 3.8) is 0 Å². The first-order chi connectivity index (χ1) is 9.49. The molecule has 0 atom stereocenters. The predicted molar refractivity (Wildman–Crippen MR) is 74.9 cm³/mol. The van der Waals surface area contributed by atoms with Crippen LogP contribution in [0.15, 0.2) is 24.3 Å². The molecule has 0 heterocycles. The lowest BCUT2D eigenvalue weighted by Gasteiger charge is -2.12. The minimum absolute atomic E-state index is 0.206. The number of aliphatic carboxylic acids is 1. The lowest BCUT2D eigenvalue weighted by atomic mass is 10.1. The molecular weight excluding hydrogens is 284 g/mol. The Hall–Kier alpha value is -2.01. The zero-order valence-electron chi connectivity index (χ0n) is 11.2. The molecule has 0 amide bonds. The van der Waals surface area contributed by atoms with Crippen LogP contribution in [0.3, 0.4) is 0 Å². The number of ether oxygens (including phenoxy) is 2. The molecule has 0 radical (unpaired) electrons. The number of ketones is 1. The fourth-order valence-corrected chi connectivity index (χ4v) is 1.71. The zero-order valence-corrected chi connectivity index (χ0v) is 11.9. The molecule has 1 N–H and O–H groups in total. The maximum Gasteiger partial charge on any atom is 0.328 e. The number of rotatable bonds is 7. The van der Waals surface area contributed by atoms with Crippen LogP contribution in [0.4, 0.5) is 0 Å². The molecule has 1 aromatic carbocycles. The molecule has 0 saturated carbocycles. The molecular formula is C14H15ClO5. The highest BCUT2D eigenvalue weighted by Crippen LogP contribution is 2.33. The smallest absolute Gasteiger partial charge is 0.328 e. The van der Waals surface area contributed by atoms with Crippen molar-refractivity contribution in [2.45, 2.75) is 13.8 Å². The second-order valence-corrected chi connectivity index (χ2v) is 4.09. The third-order valence-electron chi connectivity index (χ3n) is 2.28. The number of allylic oxidation sites excluding steroid dienone is 1. The Labute approximate surface area is 121 Å². The van der Waals surface area contributed by atoms with Crippen LogP contribution in [0.25, 0.3) is 0 Å². The second kappa shape index (κ2) is 7.55. The van der Waals surface area contributed by atoms with Gasteiger partial charge in [0.05, 0.1) is 23.8 Å². The van der Waals surface area contributed by atoms with Gasteiger partial charge in [-0.15, -0.1) is 0 Å². The van der Waals surface area contributed by atoms with Gasteiger partial charge in [0, 0.05) is 12.1 Å². The number of carbonyl (C=O) groups excluding carboxylic acids is 1. The SMILES string of the molecule is CCOc1cc(C(=O)/C=C/C(=O)O)c(OCC)cc1Cl. The minimum atomic E-state index is -1.20. The van der Waals surface area contributed by atoms with Gasteiger partial charge in [-0.3, -0.25) is 4.79 Å². The summed E-state index contributed by atoms with van der Waals surface area (Å²) in [6, 6.07) is 2.93. The Morgan fingerprint density at radius 3 is 2.30 bits per heavy atom. The van der Waals surface area contributed by atoms with Crippen LogP contribution in [0.1, 0.15) is 24.2 Å². The van der Waals surface area contributed by atoms with Crippen molar-refractivity contribution >= 4 is 23.4 Å². The molecule has 0 unspecified atom stereocenters. The van der Waals surface area contributed by atoms with E-state index in [2.05, 4.69) is 0 Å². The predicted octanol–water partition coefficient (Wildman–Crippen LogP) is 2.96. The normalized spacial score (nSPS) is 10.6. The number of hydrogen-bond acceptors (Lipinski definition) is 4. The summed E-state index contributed by atoms with van der Waals surface area (Å²) in [6.45, 7) is 4.31. The quantitative estimate of drug-likeness (QED) is 0.619. The highest BCUT2D eigenvalue weighted by atomic mass is 35.5. The molecule has 0 spiro atoms. The molecule has 5 nitrogen and oxygen atoms in total. The Morgan fingerprint density at radius 2 is 1.75 bits per heavy atom. The third kappa shape index (κ3) is 4.28. The first kappa shape index (κ1) is 16.0. The first-order valence-electron chi connectivity index (χ1n) is 6.04. The van der Waals surface area contributed by atoms with Gasteiger partial charge in [0.25, 0.3) is 0 Å². The summed E-state index contributed by atoms with van der Waals surface area (Å²) in [7, 11) is 0. The third-order valence-corrected chi connectivity index (χ3v) is 2.57. The Kier molecular flexibility index (Phi) is 6.06. The summed E-state index contributed by atoms with van der Waals surface area (Å²) < 4.78 is 10.6. The van der Waals surface area contributed by atoms with Crippen molar-refractivity contribution in [2.24, 2.45) is 0 Å². The number of benzene rings is 1. The van der Waals surface area contributed by atoms with Gasteiger partial charge in [0.15, 0.2) is 5.78 Å². The molecule has 20 heavy (non-hydrogen) atoms. The van der Waals surface area contributed by atoms with Crippen LogP contribution in [-0.4, -0.2) is 30.1 Å². The summed E-state index contributed by atoms with van der Waals surface area (Å²) in [5, 5.41) is 8.88. The average Bonchev–Trinajstić information content (AvgIpc) is 2.39. The largest absolute Gasteiger partial charge is 0.493 e. The van der Waals surface area contributed by atoms with E-state index in [-0.39, 0.29) is 5.56 Å². The standard InChI is InChI=1S/C14H15ClO5/c1-3-19-12-8-10(15)13(20-4-2)7-9(12)11(16)5-6-14(17)18/h5-8H,3-4H2,1-2H3,(H,17,18)/b6-5+. The van der Waals surface area contributed by atoms with E-state index in [1.165, 1.54) is 12.1 Å². The molecule has 1 aromatic rings. The number of hydrogen-bond donors (Lipinski definition) is 1. The highest BCUT2D eigenvalue weighted by molar-refractivity contribution is 6.32. The van der Waals surface area contributed by atoms with Gasteiger partial charge < -0.3 is 14.6 Å². The summed E-state index contributed by atoms with van der Waals surface area (Å²) >= 11 is 6.02. The lowest BCUT2D eigenvalue weighted by molar-refractivity contribution is -0.131. The number of halogens is 1. The van der Waals surface area contributed by atoms with Crippen molar-refractivity contribution in [2.75, 3.05) is 13.2 Å². The topological polar surface area (TPSA) is 72.8 Å². The number of carbonyl (C=O) groups is 2. The molecule has 108 valence electrons. The average molecular weight is 299 g/mol. The van der Waals surface area contributed by atoms with E-state index in [1.807, 2.05) is 0 Å². The summed E-state index contributed by atoms with van der Waals surface area (Å²) in [5.74, 6) is -1.05. The maximum atomic E-state index is 12.0. The molecule has 0 bridgehead atoms. The van der Waals surface area contributed by atoms with E-state index in [1.54, 1.807) is 13.8 Å². The van der Waals surface area contributed by atoms with E-state index in [0.717, 1.165) is 12.2 Å². The monoisotopic (exact) mass is 298 g/mol. The molecule has 0 saturated heterocycles. The van der Waals surface area contributed by atoms with E-state index < -0.39 is 11.8 Å². The van der Waals surface area contributed by atoms with Gasteiger partial charge >= 0.3 is 5.97 Å². The molecule has 0 aromatic heterocycles. The van der Waals surface area contributed by atoms with Crippen LogP contribution < -0.4 is 9.47 Å². The summed E-state index contributed by atoms with van der Waals surface area (Å²) in [6.07, 6.45) is 1.73. The number of carboxylic acids is 1. The fraction of sp³-hybridized carbons (Fsp3) is 0.286. The Bertz CT molecular complexity index is 537. The van der Waals surface area contributed by atoms with Gasteiger partial charge in [0.1, 0.15) is 11.5 Å². The number of carboxylic acid groups (broad SMARTS) is 1. The van der Waals surface area contributed by atoms with Gasteiger partial charge in [-0.1, -0.05) is 11.6 Å². The Balaban J connectivity index is 3.22. The van der Waals surface area contributed by atoms with Gasteiger partial charge in [0.2, 0.25) is 0 Å². The van der Waals surface area contributed by atoms with Gasteiger partial charge in [-0.25, -0.2) is 4.79 Å². The van der Waals surface area contributed by atoms with E-state index >= 15 is 0 Å². The molecule has 0 aliphatic rings. The molecule has 0 aliphatic heterocycles. The van der Waals surface area contributed by atoms with Crippen molar-refractivity contribution in [3.8, 4) is 11.5 Å². The van der Waals surface area contributed by atoms with E-state index in [9.17, 15) is 9.59 Å². The van der Waals surface area contributed by atoms with Crippen molar-refractivity contribution in [3.05, 3.63) is 34.9 Å². The van der Waals surface area contributed by atoms with Gasteiger partial charge in [-0.05, 0) is 26.0 Å². The molecule has 1 rings (SSSR count). The first-order valence-corrected chi connectivity index (χ1v) is 6.41. The van der Waals surface area contributed by atoms with Crippen molar-refractivity contribution in [1.82, 2.24) is 0 Å². The van der Waals surface area contributed by atoms with Crippen LogP contribution in [-0.2, 0) is 4.79 Å². The van der Waals surface area contributed by atoms with Crippen LogP contribution in [0.5, 0.6) is 11.5 Å².